The molecule has 0 unspecified atom stereocenters. The molecule has 0 spiro atoms. The Hall–Kier alpha value is -1.38. The molecule has 0 saturated carbocycles. The standard InChI is InChI=1S/C8H11NO2/c1-6(8(10)11)4-5-7(2)9-3/h4-5H,3H2,1-2H3,(H,10,11). The van der Waals surface area contributed by atoms with Gasteiger partial charge in [-0.1, -0.05) is 6.08 Å². The molecule has 60 valence electrons. The summed E-state index contributed by atoms with van der Waals surface area (Å²) in [6, 6.07) is 0. The largest absolute Gasteiger partial charge is 0.478 e. The summed E-state index contributed by atoms with van der Waals surface area (Å²) in [7, 11) is 0. The summed E-state index contributed by atoms with van der Waals surface area (Å²) in [5.41, 5.74) is 0.985. The third-order valence-corrected chi connectivity index (χ3v) is 1.16. The van der Waals surface area contributed by atoms with Gasteiger partial charge in [-0.3, -0.25) is 4.99 Å². The van der Waals surface area contributed by atoms with E-state index < -0.39 is 5.97 Å². The Morgan fingerprint density at radius 3 is 2.36 bits per heavy atom. The second-order valence-corrected chi connectivity index (χ2v) is 2.12. The summed E-state index contributed by atoms with van der Waals surface area (Å²) in [4.78, 5) is 13.8. The van der Waals surface area contributed by atoms with Gasteiger partial charge in [0.05, 0.1) is 0 Å². The van der Waals surface area contributed by atoms with Crippen molar-refractivity contribution in [3.63, 3.8) is 0 Å². The molecule has 0 aromatic carbocycles. The maximum Gasteiger partial charge on any atom is 0.331 e. The average Bonchev–Trinajstić information content (AvgIpc) is 1.99. The summed E-state index contributed by atoms with van der Waals surface area (Å²) in [5, 5.41) is 8.42. The second-order valence-electron chi connectivity index (χ2n) is 2.12. The number of hydrogen-bond donors (Lipinski definition) is 1. The summed E-state index contributed by atoms with van der Waals surface area (Å²) in [6.07, 6.45) is 3.10. The molecule has 11 heavy (non-hydrogen) atoms. The van der Waals surface area contributed by atoms with Crippen molar-refractivity contribution in [2.45, 2.75) is 13.8 Å². The van der Waals surface area contributed by atoms with Gasteiger partial charge in [0.25, 0.3) is 0 Å². The summed E-state index contributed by atoms with van der Waals surface area (Å²) < 4.78 is 0. The third kappa shape index (κ3) is 4.08. The highest BCUT2D eigenvalue weighted by atomic mass is 16.4. The van der Waals surface area contributed by atoms with Crippen molar-refractivity contribution in [3.05, 3.63) is 23.4 Å². The van der Waals surface area contributed by atoms with E-state index in [-0.39, 0.29) is 5.57 Å². The molecule has 0 fully saturated rings. The lowest BCUT2D eigenvalue weighted by atomic mass is 10.2. The lowest BCUT2D eigenvalue weighted by Gasteiger charge is -1.89. The first-order valence-corrected chi connectivity index (χ1v) is 3.13. The topological polar surface area (TPSA) is 49.7 Å². The Morgan fingerprint density at radius 1 is 1.45 bits per heavy atom. The van der Waals surface area contributed by atoms with E-state index in [2.05, 4.69) is 11.7 Å². The molecule has 0 rings (SSSR count). The smallest absolute Gasteiger partial charge is 0.331 e. The number of aliphatic carboxylic acids is 1. The van der Waals surface area contributed by atoms with Crippen LogP contribution in [0.4, 0.5) is 0 Å². The van der Waals surface area contributed by atoms with Crippen LogP contribution in [0.5, 0.6) is 0 Å². The Kier molecular flexibility index (Phi) is 3.88. The van der Waals surface area contributed by atoms with Crippen LogP contribution in [0.2, 0.25) is 0 Å². The van der Waals surface area contributed by atoms with Crippen LogP contribution < -0.4 is 0 Å². The number of carboxylic acid groups (broad SMARTS) is 1. The van der Waals surface area contributed by atoms with Gasteiger partial charge in [-0.2, -0.15) is 0 Å². The number of carbonyl (C=O) groups is 1. The van der Waals surface area contributed by atoms with Gasteiger partial charge in [0.1, 0.15) is 0 Å². The highest BCUT2D eigenvalue weighted by Crippen LogP contribution is 1.97. The van der Waals surface area contributed by atoms with E-state index in [1.54, 1.807) is 13.0 Å². The van der Waals surface area contributed by atoms with Crippen molar-refractivity contribution in [2.24, 2.45) is 4.99 Å². The molecule has 0 atom stereocenters. The highest BCUT2D eigenvalue weighted by molar-refractivity contribution is 5.86. The molecule has 0 radical (unpaired) electrons. The zero-order valence-electron chi connectivity index (χ0n) is 6.66. The molecule has 3 heteroatoms. The van der Waals surface area contributed by atoms with Crippen LogP contribution in [0.3, 0.4) is 0 Å². The van der Waals surface area contributed by atoms with Gasteiger partial charge >= 0.3 is 5.97 Å². The van der Waals surface area contributed by atoms with Gasteiger partial charge in [-0.25, -0.2) is 4.79 Å². The molecule has 0 aliphatic carbocycles. The molecule has 1 N–H and O–H groups in total. The number of rotatable bonds is 3. The Bertz CT molecular complexity index is 226. The molecule has 0 heterocycles. The predicted molar refractivity (Wildman–Crippen MR) is 44.7 cm³/mol. The van der Waals surface area contributed by atoms with E-state index in [1.807, 2.05) is 0 Å². The maximum atomic E-state index is 10.3. The quantitative estimate of drug-likeness (QED) is 0.380. The first-order valence-electron chi connectivity index (χ1n) is 3.13. The number of allylic oxidation sites excluding steroid dienone is 3. The van der Waals surface area contributed by atoms with E-state index in [0.717, 1.165) is 0 Å². The van der Waals surface area contributed by atoms with Gasteiger partial charge in [0, 0.05) is 11.3 Å². The zero-order valence-corrected chi connectivity index (χ0v) is 6.66. The minimum Gasteiger partial charge on any atom is -0.478 e. The minimum atomic E-state index is -0.918. The van der Waals surface area contributed by atoms with Crippen molar-refractivity contribution >= 4 is 12.7 Å². The van der Waals surface area contributed by atoms with Crippen LogP contribution in [0.25, 0.3) is 0 Å². The van der Waals surface area contributed by atoms with Crippen LogP contribution >= 0.6 is 0 Å². The zero-order chi connectivity index (χ0) is 8.85. The van der Waals surface area contributed by atoms with Crippen molar-refractivity contribution in [3.8, 4) is 0 Å². The highest BCUT2D eigenvalue weighted by Gasteiger charge is 1.95. The van der Waals surface area contributed by atoms with E-state index >= 15 is 0 Å². The van der Waals surface area contributed by atoms with Crippen LogP contribution in [0, 0.1) is 0 Å². The maximum absolute atomic E-state index is 10.3. The predicted octanol–water partition coefficient (Wildman–Crippen LogP) is 1.62. The number of aliphatic imine (C=N–C) groups is 1. The minimum absolute atomic E-state index is 0.285. The molecular formula is C8H11NO2. The molecule has 3 nitrogen and oxygen atoms in total. The number of nitrogens with zero attached hydrogens (tertiary/aromatic N) is 1. The fourth-order valence-corrected chi connectivity index (χ4v) is 0.370. The van der Waals surface area contributed by atoms with Crippen molar-refractivity contribution in [2.75, 3.05) is 0 Å². The van der Waals surface area contributed by atoms with E-state index in [4.69, 9.17) is 5.11 Å². The van der Waals surface area contributed by atoms with Crippen molar-refractivity contribution in [1.82, 2.24) is 0 Å². The molecule has 0 aliphatic heterocycles. The first kappa shape index (κ1) is 9.62. The molecule has 0 saturated heterocycles. The summed E-state index contributed by atoms with van der Waals surface area (Å²) >= 11 is 0. The fourth-order valence-electron chi connectivity index (χ4n) is 0.370. The summed E-state index contributed by atoms with van der Waals surface area (Å²) in [5.74, 6) is -0.918. The normalized spacial score (nSPS) is 12.9. The van der Waals surface area contributed by atoms with Crippen LogP contribution in [0.15, 0.2) is 28.4 Å². The SMILES string of the molecule is C=NC(C)=CC=C(C)C(=O)O. The van der Waals surface area contributed by atoms with Gasteiger partial charge in [-0.05, 0) is 26.6 Å². The molecule has 0 aromatic heterocycles. The molecule has 0 aromatic rings. The third-order valence-electron chi connectivity index (χ3n) is 1.16. The second kappa shape index (κ2) is 4.44. The van der Waals surface area contributed by atoms with Crippen LogP contribution in [-0.2, 0) is 4.79 Å². The Labute approximate surface area is 65.8 Å². The van der Waals surface area contributed by atoms with Gasteiger partial charge < -0.3 is 5.11 Å². The molecule has 0 bridgehead atoms. The van der Waals surface area contributed by atoms with E-state index in [0.29, 0.717) is 5.70 Å². The van der Waals surface area contributed by atoms with Crippen LogP contribution in [-0.4, -0.2) is 17.8 Å². The monoisotopic (exact) mass is 153 g/mol. The summed E-state index contributed by atoms with van der Waals surface area (Å²) in [6.45, 7) is 6.56. The number of hydrogen-bond acceptors (Lipinski definition) is 2. The molecule has 0 aliphatic rings. The lowest BCUT2D eigenvalue weighted by Crippen LogP contribution is -1.94. The average molecular weight is 153 g/mol. The molecule has 0 amide bonds. The fraction of sp³-hybridized carbons (Fsp3) is 0.250. The Morgan fingerprint density at radius 2 is 2.00 bits per heavy atom. The van der Waals surface area contributed by atoms with Gasteiger partial charge in [0.15, 0.2) is 0 Å². The van der Waals surface area contributed by atoms with Gasteiger partial charge in [-0.15, -0.1) is 0 Å². The first-order chi connectivity index (χ1) is 5.07. The Balaban J connectivity index is 4.34. The van der Waals surface area contributed by atoms with E-state index in [9.17, 15) is 4.79 Å². The number of carboxylic acids is 1. The van der Waals surface area contributed by atoms with Crippen molar-refractivity contribution < 1.29 is 9.90 Å². The van der Waals surface area contributed by atoms with Crippen molar-refractivity contribution in [1.29, 1.82) is 0 Å². The van der Waals surface area contributed by atoms with E-state index in [1.165, 1.54) is 13.0 Å². The lowest BCUT2D eigenvalue weighted by molar-refractivity contribution is -0.132. The van der Waals surface area contributed by atoms with Crippen LogP contribution in [0.1, 0.15) is 13.8 Å². The van der Waals surface area contributed by atoms with Gasteiger partial charge in [0.2, 0.25) is 0 Å². The molecular weight excluding hydrogens is 142 g/mol.